The Balaban J connectivity index is 1.69. The molecule has 0 fully saturated rings. The molecule has 3 rings (SSSR count). The Kier molecular flexibility index (Phi) is 6.47. The number of hydrogen-bond acceptors (Lipinski definition) is 7. The molecule has 0 spiro atoms. The van der Waals surface area contributed by atoms with Crippen LogP contribution in [0.2, 0.25) is 0 Å². The maximum atomic E-state index is 12.6. The SMILES string of the molecule is COc1ccccc1CNc1cc(C(=O)Nc2ccc(OC)c(OC)c2)ncn1. The van der Waals surface area contributed by atoms with Crippen LogP contribution >= 0.6 is 0 Å². The average molecular weight is 394 g/mol. The van der Waals surface area contributed by atoms with Crippen LogP contribution in [-0.4, -0.2) is 37.2 Å². The van der Waals surface area contributed by atoms with Crippen molar-refractivity contribution in [2.75, 3.05) is 32.0 Å². The Labute approximate surface area is 168 Å². The molecule has 1 amide bonds. The summed E-state index contributed by atoms with van der Waals surface area (Å²) >= 11 is 0. The van der Waals surface area contributed by atoms with Gasteiger partial charge in [0, 0.05) is 29.9 Å². The standard InChI is InChI=1S/C21H22N4O4/c1-27-17-7-5-4-6-14(17)12-22-20-11-16(23-13-24-20)21(26)25-15-8-9-18(28-2)19(10-15)29-3/h4-11,13H,12H2,1-3H3,(H,25,26)(H,22,23,24). The van der Waals surface area contributed by atoms with E-state index in [0.29, 0.717) is 29.5 Å². The van der Waals surface area contributed by atoms with E-state index in [0.717, 1.165) is 11.3 Å². The number of hydrogen-bond donors (Lipinski definition) is 2. The zero-order chi connectivity index (χ0) is 20.6. The van der Waals surface area contributed by atoms with Gasteiger partial charge in [-0.3, -0.25) is 4.79 Å². The van der Waals surface area contributed by atoms with Gasteiger partial charge in [-0.25, -0.2) is 9.97 Å². The van der Waals surface area contributed by atoms with E-state index in [1.807, 2.05) is 24.3 Å². The van der Waals surface area contributed by atoms with Crippen molar-refractivity contribution in [2.24, 2.45) is 0 Å². The van der Waals surface area contributed by atoms with Gasteiger partial charge in [-0.05, 0) is 18.2 Å². The van der Waals surface area contributed by atoms with Crippen molar-refractivity contribution in [3.63, 3.8) is 0 Å². The zero-order valence-electron chi connectivity index (χ0n) is 16.4. The van der Waals surface area contributed by atoms with E-state index < -0.39 is 0 Å². The Morgan fingerprint density at radius 1 is 0.897 bits per heavy atom. The van der Waals surface area contributed by atoms with Crippen molar-refractivity contribution in [3.8, 4) is 17.2 Å². The summed E-state index contributed by atoms with van der Waals surface area (Å²) in [4.78, 5) is 20.8. The average Bonchev–Trinajstić information content (AvgIpc) is 2.77. The summed E-state index contributed by atoms with van der Waals surface area (Å²) in [6.45, 7) is 0.498. The van der Waals surface area contributed by atoms with Crippen molar-refractivity contribution in [1.29, 1.82) is 0 Å². The molecule has 0 unspecified atom stereocenters. The molecule has 0 aliphatic rings. The fourth-order valence-electron chi connectivity index (χ4n) is 2.72. The number of para-hydroxylation sites is 1. The molecule has 1 aromatic heterocycles. The molecule has 1 heterocycles. The van der Waals surface area contributed by atoms with Crippen molar-refractivity contribution < 1.29 is 19.0 Å². The van der Waals surface area contributed by atoms with E-state index in [1.165, 1.54) is 13.4 Å². The number of benzene rings is 2. The van der Waals surface area contributed by atoms with E-state index >= 15 is 0 Å². The normalized spacial score (nSPS) is 10.2. The van der Waals surface area contributed by atoms with Crippen LogP contribution in [0.15, 0.2) is 54.9 Å². The summed E-state index contributed by atoms with van der Waals surface area (Å²) in [5.41, 5.74) is 1.78. The number of carbonyl (C=O) groups excluding carboxylic acids is 1. The van der Waals surface area contributed by atoms with Gasteiger partial charge in [0.1, 0.15) is 23.6 Å². The first-order valence-electron chi connectivity index (χ1n) is 8.85. The van der Waals surface area contributed by atoms with Crippen LogP contribution in [0.3, 0.4) is 0 Å². The molecule has 0 saturated heterocycles. The molecule has 0 aliphatic heterocycles. The number of anilines is 2. The second kappa shape index (κ2) is 9.41. The minimum absolute atomic E-state index is 0.234. The second-order valence-corrected chi connectivity index (χ2v) is 5.98. The van der Waals surface area contributed by atoms with E-state index in [9.17, 15) is 4.79 Å². The maximum absolute atomic E-state index is 12.6. The van der Waals surface area contributed by atoms with Gasteiger partial charge in [0.25, 0.3) is 5.91 Å². The minimum Gasteiger partial charge on any atom is -0.496 e. The molecule has 3 aromatic rings. The highest BCUT2D eigenvalue weighted by atomic mass is 16.5. The predicted molar refractivity (Wildman–Crippen MR) is 110 cm³/mol. The van der Waals surface area contributed by atoms with Gasteiger partial charge in [-0.1, -0.05) is 18.2 Å². The Morgan fingerprint density at radius 2 is 1.66 bits per heavy atom. The van der Waals surface area contributed by atoms with E-state index in [-0.39, 0.29) is 11.6 Å². The van der Waals surface area contributed by atoms with Gasteiger partial charge in [0.2, 0.25) is 0 Å². The largest absolute Gasteiger partial charge is 0.496 e. The first-order valence-corrected chi connectivity index (χ1v) is 8.85. The van der Waals surface area contributed by atoms with E-state index in [4.69, 9.17) is 14.2 Å². The first kappa shape index (κ1) is 19.9. The van der Waals surface area contributed by atoms with E-state index in [2.05, 4.69) is 20.6 Å². The molecule has 2 aromatic carbocycles. The van der Waals surface area contributed by atoms with Crippen LogP contribution < -0.4 is 24.8 Å². The smallest absolute Gasteiger partial charge is 0.274 e. The maximum Gasteiger partial charge on any atom is 0.274 e. The fourth-order valence-corrected chi connectivity index (χ4v) is 2.72. The Bertz CT molecular complexity index is 994. The third-order valence-corrected chi connectivity index (χ3v) is 4.19. The Hall–Kier alpha value is -3.81. The molecular formula is C21H22N4O4. The minimum atomic E-state index is -0.361. The van der Waals surface area contributed by atoms with Gasteiger partial charge in [-0.15, -0.1) is 0 Å². The molecule has 0 saturated carbocycles. The number of aromatic nitrogens is 2. The van der Waals surface area contributed by atoms with Gasteiger partial charge >= 0.3 is 0 Å². The molecule has 8 heteroatoms. The number of nitrogens with zero attached hydrogens (tertiary/aromatic N) is 2. The van der Waals surface area contributed by atoms with Crippen molar-refractivity contribution in [1.82, 2.24) is 9.97 Å². The number of methoxy groups -OCH3 is 3. The van der Waals surface area contributed by atoms with Crippen LogP contribution in [0.4, 0.5) is 11.5 Å². The highest BCUT2D eigenvalue weighted by molar-refractivity contribution is 6.03. The molecule has 29 heavy (non-hydrogen) atoms. The van der Waals surface area contributed by atoms with Crippen molar-refractivity contribution in [3.05, 3.63) is 66.1 Å². The highest BCUT2D eigenvalue weighted by Gasteiger charge is 2.12. The number of nitrogens with one attached hydrogen (secondary N) is 2. The topological polar surface area (TPSA) is 94.6 Å². The number of amides is 1. The summed E-state index contributed by atoms with van der Waals surface area (Å²) in [6, 6.07) is 14.4. The molecule has 0 aliphatic carbocycles. The number of carbonyl (C=O) groups is 1. The predicted octanol–water partition coefficient (Wildman–Crippen LogP) is 3.37. The zero-order valence-corrected chi connectivity index (χ0v) is 16.4. The third kappa shape index (κ3) is 4.92. The van der Waals surface area contributed by atoms with Crippen LogP contribution in [0, 0.1) is 0 Å². The lowest BCUT2D eigenvalue weighted by atomic mass is 10.2. The summed E-state index contributed by atoms with van der Waals surface area (Å²) in [6.07, 6.45) is 1.34. The number of ether oxygens (including phenoxy) is 3. The van der Waals surface area contributed by atoms with Gasteiger partial charge in [0.05, 0.1) is 21.3 Å². The molecule has 2 N–H and O–H groups in total. The molecule has 0 bridgehead atoms. The molecule has 0 radical (unpaired) electrons. The van der Waals surface area contributed by atoms with Crippen LogP contribution in [0.5, 0.6) is 17.2 Å². The lowest BCUT2D eigenvalue weighted by Crippen LogP contribution is -2.15. The molecule has 0 atom stereocenters. The Morgan fingerprint density at radius 3 is 2.41 bits per heavy atom. The van der Waals surface area contributed by atoms with Crippen molar-refractivity contribution >= 4 is 17.4 Å². The quantitative estimate of drug-likeness (QED) is 0.605. The monoisotopic (exact) mass is 394 g/mol. The fraction of sp³-hybridized carbons (Fsp3) is 0.190. The summed E-state index contributed by atoms with van der Waals surface area (Å²) in [7, 11) is 4.71. The van der Waals surface area contributed by atoms with Gasteiger partial charge in [0.15, 0.2) is 11.5 Å². The summed E-state index contributed by atoms with van der Waals surface area (Å²) in [5.74, 6) is 2.05. The third-order valence-electron chi connectivity index (χ3n) is 4.19. The second-order valence-electron chi connectivity index (χ2n) is 5.98. The molecular weight excluding hydrogens is 372 g/mol. The first-order chi connectivity index (χ1) is 14.1. The van der Waals surface area contributed by atoms with E-state index in [1.54, 1.807) is 38.5 Å². The highest BCUT2D eigenvalue weighted by Crippen LogP contribution is 2.29. The lowest BCUT2D eigenvalue weighted by Gasteiger charge is -2.11. The van der Waals surface area contributed by atoms with Gasteiger partial charge in [-0.2, -0.15) is 0 Å². The van der Waals surface area contributed by atoms with Gasteiger partial charge < -0.3 is 24.8 Å². The number of rotatable bonds is 8. The van der Waals surface area contributed by atoms with Crippen molar-refractivity contribution in [2.45, 2.75) is 6.54 Å². The molecule has 150 valence electrons. The van der Waals surface area contributed by atoms with Crippen LogP contribution in [0.1, 0.15) is 16.1 Å². The van der Waals surface area contributed by atoms with Crippen LogP contribution in [-0.2, 0) is 6.54 Å². The molecule has 8 nitrogen and oxygen atoms in total. The van der Waals surface area contributed by atoms with Crippen LogP contribution in [0.25, 0.3) is 0 Å². The summed E-state index contributed by atoms with van der Waals surface area (Å²) < 4.78 is 15.8. The lowest BCUT2D eigenvalue weighted by molar-refractivity contribution is 0.102. The summed E-state index contributed by atoms with van der Waals surface area (Å²) in [5, 5.41) is 5.97.